The van der Waals surface area contributed by atoms with Crippen LogP contribution >= 0.6 is 11.3 Å². The topological polar surface area (TPSA) is 32.3 Å². The quantitative estimate of drug-likeness (QED) is 0.732. The van der Waals surface area contributed by atoms with Crippen LogP contribution in [-0.4, -0.2) is 17.5 Å². The summed E-state index contributed by atoms with van der Waals surface area (Å²) in [5.74, 6) is 0. The van der Waals surface area contributed by atoms with E-state index in [1.165, 1.54) is 22.6 Å². The van der Waals surface area contributed by atoms with E-state index in [0.29, 0.717) is 0 Å². The molecule has 1 aromatic heterocycles. The van der Waals surface area contributed by atoms with Gasteiger partial charge < -0.3 is 10.2 Å². The van der Waals surface area contributed by atoms with E-state index >= 15 is 0 Å². The third-order valence-electron chi connectivity index (χ3n) is 4.74. The molecule has 128 valence electrons. The summed E-state index contributed by atoms with van der Waals surface area (Å²) in [6, 6.07) is 10.8. The van der Waals surface area contributed by atoms with E-state index in [2.05, 4.69) is 49.5 Å². The highest BCUT2D eigenvalue weighted by Gasteiger charge is 2.28. The largest absolute Gasteiger partial charge is 0.322 e. The lowest BCUT2D eigenvalue weighted by atomic mass is 10.1. The molecule has 1 atom stereocenters. The molecule has 0 bridgehead atoms. The first kappa shape index (κ1) is 17.0. The average molecular weight is 343 g/mol. The number of nitrogens with zero attached hydrogens (tertiary/aromatic N) is 1. The van der Waals surface area contributed by atoms with Gasteiger partial charge in [0.2, 0.25) is 0 Å². The van der Waals surface area contributed by atoms with Crippen LogP contribution in [-0.2, 0) is 0 Å². The van der Waals surface area contributed by atoms with Gasteiger partial charge in [-0.05, 0) is 62.9 Å². The molecular weight excluding hydrogens is 316 g/mol. The highest BCUT2D eigenvalue weighted by Crippen LogP contribution is 2.34. The van der Waals surface area contributed by atoms with Gasteiger partial charge in [0.05, 0.1) is 6.04 Å². The number of likely N-dealkylation sites (tertiary alicyclic amines) is 1. The lowest BCUT2D eigenvalue weighted by Gasteiger charge is -2.30. The smallest absolute Gasteiger partial charge is 0.317 e. The summed E-state index contributed by atoms with van der Waals surface area (Å²) in [5.41, 5.74) is 3.19. The predicted molar refractivity (Wildman–Crippen MR) is 102 cm³/mol. The fourth-order valence-electron chi connectivity index (χ4n) is 3.34. The number of anilines is 1. The van der Waals surface area contributed by atoms with Crippen LogP contribution in [0.3, 0.4) is 0 Å². The van der Waals surface area contributed by atoms with Crippen molar-refractivity contribution in [1.82, 2.24) is 4.90 Å². The zero-order chi connectivity index (χ0) is 17.1. The highest BCUT2D eigenvalue weighted by molar-refractivity contribution is 7.12. The molecule has 0 unspecified atom stereocenters. The van der Waals surface area contributed by atoms with Gasteiger partial charge in [0, 0.05) is 22.0 Å². The van der Waals surface area contributed by atoms with Crippen LogP contribution in [0.4, 0.5) is 10.5 Å². The van der Waals surface area contributed by atoms with E-state index in [0.717, 1.165) is 36.2 Å². The lowest BCUT2D eigenvalue weighted by Crippen LogP contribution is -2.37. The number of hydrogen-bond acceptors (Lipinski definition) is 2. The van der Waals surface area contributed by atoms with Crippen LogP contribution in [0.1, 0.15) is 52.6 Å². The van der Waals surface area contributed by atoms with Crippen molar-refractivity contribution >= 4 is 23.1 Å². The Morgan fingerprint density at radius 3 is 2.71 bits per heavy atom. The van der Waals surface area contributed by atoms with Crippen LogP contribution in [0, 0.1) is 20.8 Å². The molecule has 1 saturated heterocycles. The van der Waals surface area contributed by atoms with Crippen molar-refractivity contribution in [3.63, 3.8) is 0 Å². The second-order valence-corrected chi connectivity index (χ2v) is 8.07. The Hall–Kier alpha value is -1.81. The lowest BCUT2D eigenvalue weighted by molar-refractivity contribution is 0.190. The maximum atomic E-state index is 13.0. The monoisotopic (exact) mass is 342 g/mol. The van der Waals surface area contributed by atoms with Gasteiger partial charge in [0.1, 0.15) is 0 Å². The molecular formula is C20H26N2OS. The van der Waals surface area contributed by atoms with E-state index in [1.54, 1.807) is 0 Å². The number of thiophene rings is 1. The Kier molecular flexibility index (Phi) is 5.24. The molecule has 3 rings (SSSR count). The Balaban J connectivity index is 1.83. The van der Waals surface area contributed by atoms with Gasteiger partial charge in [0.25, 0.3) is 0 Å². The molecule has 0 aliphatic carbocycles. The molecule has 1 aliphatic heterocycles. The van der Waals surface area contributed by atoms with Crippen molar-refractivity contribution in [2.24, 2.45) is 0 Å². The molecule has 0 radical (unpaired) electrons. The first-order chi connectivity index (χ1) is 11.5. The number of carbonyl (C=O) groups excluding carboxylic acids is 1. The number of aryl methyl sites for hydroxylation is 3. The van der Waals surface area contributed by atoms with E-state index < -0.39 is 0 Å². The molecule has 0 spiro atoms. The van der Waals surface area contributed by atoms with Gasteiger partial charge in [-0.2, -0.15) is 0 Å². The Bertz CT molecular complexity index is 722. The molecule has 3 nitrogen and oxygen atoms in total. The maximum absolute atomic E-state index is 13.0. The van der Waals surface area contributed by atoms with Gasteiger partial charge in [0.15, 0.2) is 0 Å². The van der Waals surface area contributed by atoms with E-state index in [-0.39, 0.29) is 12.1 Å². The number of urea groups is 1. The molecule has 4 heteroatoms. The zero-order valence-corrected chi connectivity index (χ0v) is 15.6. The van der Waals surface area contributed by atoms with Crippen LogP contribution in [0.25, 0.3) is 0 Å². The summed E-state index contributed by atoms with van der Waals surface area (Å²) >= 11 is 1.81. The number of benzene rings is 1. The van der Waals surface area contributed by atoms with E-state index in [9.17, 15) is 4.79 Å². The molecule has 2 amide bonds. The van der Waals surface area contributed by atoms with E-state index in [4.69, 9.17) is 0 Å². The molecule has 1 aromatic carbocycles. The average Bonchev–Trinajstić information content (AvgIpc) is 2.83. The van der Waals surface area contributed by atoms with Gasteiger partial charge in [-0.15, -0.1) is 11.3 Å². The Labute approximate surface area is 148 Å². The van der Waals surface area contributed by atoms with Crippen molar-refractivity contribution in [3.8, 4) is 0 Å². The summed E-state index contributed by atoms with van der Waals surface area (Å²) < 4.78 is 0. The summed E-state index contributed by atoms with van der Waals surface area (Å²) in [4.78, 5) is 17.7. The molecule has 0 saturated carbocycles. The number of carbonyl (C=O) groups is 1. The molecule has 2 aromatic rings. The number of rotatable bonds is 2. The third-order valence-corrected chi connectivity index (χ3v) is 5.84. The number of amides is 2. The third kappa shape index (κ3) is 3.81. The second-order valence-electron chi connectivity index (χ2n) is 6.76. The van der Waals surface area contributed by atoms with Crippen LogP contribution < -0.4 is 5.32 Å². The van der Waals surface area contributed by atoms with Gasteiger partial charge in [-0.1, -0.05) is 25.0 Å². The highest BCUT2D eigenvalue weighted by atomic mass is 32.1. The van der Waals surface area contributed by atoms with E-state index in [1.807, 2.05) is 23.2 Å². The van der Waals surface area contributed by atoms with Crippen LogP contribution in [0.15, 0.2) is 30.3 Å². The van der Waals surface area contributed by atoms with Crippen molar-refractivity contribution < 1.29 is 4.79 Å². The molecule has 1 fully saturated rings. The predicted octanol–water partition coefficient (Wildman–Crippen LogP) is 5.82. The van der Waals surface area contributed by atoms with Crippen molar-refractivity contribution in [2.75, 3.05) is 11.9 Å². The molecule has 2 heterocycles. The van der Waals surface area contributed by atoms with Crippen molar-refractivity contribution in [1.29, 1.82) is 0 Å². The maximum Gasteiger partial charge on any atom is 0.322 e. The first-order valence-corrected chi connectivity index (χ1v) is 9.57. The summed E-state index contributed by atoms with van der Waals surface area (Å²) in [6.07, 6.45) is 4.53. The minimum atomic E-state index is 0.0293. The Morgan fingerprint density at radius 1 is 1.12 bits per heavy atom. The molecule has 1 N–H and O–H groups in total. The summed E-state index contributed by atoms with van der Waals surface area (Å²) in [6.45, 7) is 7.06. The fraction of sp³-hybridized carbons (Fsp3) is 0.450. The summed E-state index contributed by atoms with van der Waals surface area (Å²) in [7, 11) is 0. The first-order valence-electron chi connectivity index (χ1n) is 8.76. The molecule has 24 heavy (non-hydrogen) atoms. The van der Waals surface area contributed by atoms with Gasteiger partial charge >= 0.3 is 6.03 Å². The molecule has 1 aliphatic rings. The number of hydrogen-bond donors (Lipinski definition) is 1. The standard InChI is InChI=1S/C20H26N2OS/c1-14-8-9-15(2)17(13-14)21-20(23)22-12-6-4-5-7-18(22)19-11-10-16(3)24-19/h8-11,13,18H,4-7,12H2,1-3H3,(H,21,23)/t18-/m1/s1. The minimum Gasteiger partial charge on any atom is -0.317 e. The van der Waals surface area contributed by atoms with Crippen LogP contribution in [0.2, 0.25) is 0 Å². The van der Waals surface area contributed by atoms with Crippen molar-refractivity contribution in [2.45, 2.75) is 52.5 Å². The van der Waals surface area contributed by atoms with Gasteiger partial charge in [-0.3, -0.25) is 0 Å². The van der Waals surface area contributed by atoms with Crippen LogP contribution in [0.5, 0.6) is 0 Å². The summed E-state index contributed by atoms with van der Waals surface area (Å²) in [5, 5.41) is 3.15. The van der Waals surface area contributed by atoms with Gasteiger partial charge in [-0.25, -0.2) is 4.79 Å². The second kappa shape index (κ2) is 7.39. The van der Waals surface area contributed by atoms with Crippen molar-refractivity contribution in [3.05, 3.63) is 51.2 Å². The zero-order valence-electron chi connectivity index (χ0n) is 14.8. The normalized spacial score (nSPS) is 18.3. The minimum absolute atomic E-state index is 0.0293. The Morgan fingerprint density at radius 2 is 1.96 bits per heavy atom. The number of nitrogens with one attached hydrogen (secondary N) is 1. The SMILES string of the molecule is Cc1ccc(C)c(NC(=O)N2CCCCC[C@@H]2c2ccc(C)s2)c1. The fourth-order valence-corrected chi connectivity index (χ4v) is 4.36.